The fourth-order valence-electron chi connectivity index (χ4n) is 3.48. The van der Waals surface area contributed by atoms with Gasteiger partial charge in [0.05, 0.1) is 16.3 Å². The maximum absolute atomic E-state index is 11.7. The summed E-state index contributed by atoms with van der Waals surface area (Å²) >= 11 is 0. The molecule has 1 aromatic heterocycles. The van der Waals surface area contributed by atoms with Crippen LogP contribution >= 0.6 is 0 Å². The molecule has 3 aromatic rings. The van der Waals surface area contributed by atoms with E-state index in [4.69, 9.17) is 0 Å². The first-order valence-electron chi connectivity index (χ1n) is 8.43. The number of carboxylic acids is 1. The van der Waals surface area contributed by atoms with Crippen LogP contribution in [0.3, 0.4) is 0 Å². The highest BCUT2D eigenvalue weighted by Crippen LogP contribution is 2.38. The summed E-state index contributed by atoms with van der Waals surface area (Å²) in [5.74, 6) is -1.14. The zero-order valence-electron chi connectivity index (χ0n) is 14.8. The van der Waals surface area contributed by atoms with Gasteiger partial charge in [-0.3, -0.25) is 14.3 Å². The van der Waals surface area contributed by atoms with Crippen molar-refractivity contribution in [3.63, 3.8) is 0 Å². The minimum atomic E-state index is -1.14. The summed E-state index contributed by atoms with van der Waals surface area (Å²) in [6.45, 7) is 0. The molecule has 0 saturated carbocycles. The van der Waals surface area contributed by atoms with Crippen molar-refractivity contribution in [1.29, 1.82) is 0 Å². The van der Waals surface area contributed by atoms with Crippen molar-refractivity contribution >= 4 is 22.5 Å². The first-order chi connectivity index (χ1) is 13.4. The Balaban J connectivity index is 1.97. The van der Waals surface area contributed by atoms with Crippen LogP contribution in [0.25, 0.3) is 16.9 Å². The van der Waals surface area contributed by atoms with Gasteiger partial charge < -0.3 is 5.11 Å². The van der Waals surface area contributed by atoms with Crippen molar-refractivity contribution in [3.8, 4) is 16.9 Å². The highest BCUT2D eigenvalue weighted by molar-refractivity contribution is 7.84. The fourth-order valence-corrected chi connectivity index (χ4v) is 4.00. The van der Waals surface area contributed by atoms with Gasteiger partial charge in [0.2, 0.25) is 0 Å². The molecule has 1 heterocycles. The largest absolute Gasteiger partial charge is 0.476 e. The summed E-state index contributed by atoms with van der Waals surface area (Å²) < 4.78 is 13.1. The second-order valence-corrected chi connectivity index (χ2v) is 7.82. The van der Waals surface area contributed by atoms with E-state index >= 15 is 0 Å². The summed E-state index contributed by atoms with van der Waals surface area (Å²) in [5, 5.41) is 25.1. The minimum absolute atomic E-state index is 0.0599. The molecule has 1 aliphatic rings. The van der Waals surface area contributed by atoms with Gasteiger partial charge in [-0.25, -0.2) is 9.48 Å². The van der Waals surface area contributed by atoms with Crippen LogP contribution < -0.4 is 0 Å². The van der Waals surface area contributed by atoms with Crippen LogP contribution in [0.2, 0.25) is 0 Å². The number of fused-ring (bicyclic) bond motifs is 3. The first-order valence-corrected chi connectivity index (χ1v) is 9.99. The van der Waals surface area contributed by atoms with Crippen LogP contribution in [0.5, 0.6) is 0 Å². The summed E-state index contributed by atoms with van der Waals surface area (Å²) in [6.07, 6.45) is 2.64. The van der Waals surface area contributed by atoms with Crippen LogP contribution in [-0.2, 0) is 23.6 Å². The molecule has 0 radical (unpaired) electrons. The molecule has 0 spiro atoms. The first kappa shape index (κ1) is 18.1. The second kappa shape index (κ2) is 6.68. The average molecular weight is 397 g/mol. The van der Waals surface area contributed by atoms with Crippen molar-refractivity contribution in [2.24, 2.45) is 0 Å². The quantitative estimate of drug-likeness (QED) is 0.534. The van der Waals surface area contributed by atoms with E-state index in [1.807, 2.05) is 0 Å². The minimum Gasteiger partial charge on any atom is -0.476 e. The molecule has 8 nitrogen and oxygen atoms in total. The van der Waals surface area contributed by atoms with Gasteiger partial charge in [0, 0.05) is 45.2 Å². The lowest BCUT2D eigenvalue weighted by molar-refractivity contribution is -0.384. The lowest BCUT2D eigenvalue weighted by Crippen LogP contribution is -2.09. The maximum Gasteiger partial charge on any atom is 0.356 e. The van der Waals surface area contributed by atoms with Crippen molar-refractivity contribution < 1.29 is 19.0 Å². The Bertz CT molecular complexity index is 1150. The molecular weight excluding hydrogens is 382 g/mol. The maximum atomic E-state index is 11.7. The van der Waals surface area contributed by atoms with E-state index in [1.165, 1.54) is 16.8 Å². The van der Waals surface area contributed by atoms with Crippen molar-refractivity contribution in [2.75, 3.05) is 6.26 Å². The number of hydrogen-bond acceptors (Lipinski definition) is 5. The lowest BCUT2D eigenvalue weighted by atomic mass is 9.88. The predicted octanol–water partition coefficient (Wildman–Crippen LogP) is 2.98. The number of carbonyl (C=O) groups is 1. The van der Waals surface area contributed by atoms with Gasteiger partial charge in [-0.1, -0.05) is 6.07 Å². The van der Waals surface area contributed by atoms with Crippen molar-refractivity contribution in [2.45, 2.75) is 17.7 Å². The number of non-ortho nitro benzene ring substituents is 1. The molecule has 1 atom stereocenters. The predicted molar refractivity (Wildman–Crippen MR) is 102 cm³/mol. The molecule has 1 aliphatic carbocycles. The van der Waals surface area contributed by atoms with Gasteiger partial charge in [0.15, 0.2) is 5.69 Å². The Kier molecular flexibility index (Phi) is 4.31. The molecule has 4 rings (SSSR count). The average Bonchev–Trinajstić information content (AvgIpc) is 3.08. The molecule has 1 unspecified atom stereocenters. The van der Waals surface area contributed by atoms with E-state index in [-0.39, 0.29) is 11.4 Å². The Hall–Kier alpha value is -3.33. The van der Waals surface area contributed by atoms with Gasteiger partial charge in [-0.05, 0) is 42.7 Å². The molecule has 0 aliphatic heterocycles. The molecule has 9 heteroatoms. The number of hydrogen-bond donors (Lipinski definition) is 1. The molecule has 0 saturated heterocycles. The molecule has 142 valence electrons. The van der Waals surface area contributed by atoms with E-state index in [0.29, 0.717) is 40.2 Å². The van der Waals surface area contributed by atoms with Crippen LogP contribution in [0.1, 0.15) is 21.6 Å². The number of rotatable bonds is 4. The molecule has 0 amide bonds. The lowest BCUT2D eigenvalue weighted by Gasteiger charge is -2.18. The van der Waals surface area contributed by atoms with Gasteiger partial charge in [-0.15, -0.1) is 0 Å². The van der Waals surface area contributed by atoms with Gasteiger partial charge in [0.25, 0.3) is 5.69 Å². The second-order valence-electron chi connectivity index (χ2n) is 6.44. The van der Waals surface area contributed by atoms with Gasteiger partial charge in [-0.2, -0.15) is 5.10 Å². The summed E-state index contributed by atoms with van der Waals surface area (Å²) in [4.78, 5) is 23.1. The number of benzene rings is 2. The number of carboxylic acid groups (broad SMARTS) is 1. The Labute approximate surface area is 162 Å². The fraction of sp³-hybridized carbons (Fsp3) is 0.158. The van der Waals surface area contributed by atoms with Crippen LogP contribution in [-0.4, -0.2) is 36.2 Å². The number of nitrogens with zero attached hydrogens (tertiary/aromatic N) is 3. The van der Waals surface area contributed by atoms with Crippen molar-refractivity contribution in [1.82, 2.24) is 9.78 Å². The summed E-state index contributed by atoms with van der Waals surface area (Å²) in [7, 11) is -1.14. The molecule has 2 aromatic carbocycles. The monoisotopic (exact) mass is 397 g/mol. The SMILES string of the molecule is CS(=O)c1ccc(-n2nc(C(=O)O)c3c2-c2cc([N+](=O)[O-])ccc2CC3)cc1. The zero-order valence-corrected chi connectivity index (χ0v) is 15.6. The number of aromatic carboxylic acids is 1. The van der Waals surface area contributed by atoms with E-state index in [1.54, 1.807) is 36.6 Å². The highest BCUT2D eigenvalue weighted by Gasteiger charge is 2.30. The molecular formula is C19H15N3O5S. The van der Waals surface area contributed by atoms with E-state index in [9.17, 15) is 24.2 Å². The van der Waals surface area contributed by atoms with Gasteiger partial charge in [0.1, 0.15) is 0 Å². The highest BCUT2D eigenvalue weighted by atomic mass is 32.2. The summed E-state index contributed by atoms with van der Waals surface area (Å²) in [5.41, 5.74) is 3.10. The van der Waals surface area contributed by atoms with Crippen molar-refractivity contribution in [3.05, 3.63) is 69.4 Å². The molecule has 0 fully saturated rings. The standard InChI is InChI=1S/C19H15N3O5S/c1-28(27)14-7-5-12(6-8-14)21-18-15(17(20-21)19(23)24)9-3-11-2-4-13(22(25)26)10-16(11)18/h2,4-8,10H,3,9H2,1H3,(H,23,24). The third kappa shape index (κ3) is 2.89. The Morgan fingerprint density at radius 3 is 2.54 bits per heavy atom. The number of aryl methyl sites for hydroxylation is 1. The van der Waals surface area contributed by atoms with E-state index in [2.05, 4.69) is 5.10 Å². The number of nitro groups is 1. The summed E-state index contributed by atoms with van der Waals surface area (Å²) in [6, 6.07) is 11.4. The molecule has 28 heavy (non-hydrogen) atoms. The topological polar surface area (TPSA) is 115 Å². The Morgan fingerprint density at radius 1 is 1.21 bits per heavy atom. The van der Waals surface area contributed by atoms with E-state index in [0.717, 1.165) is 5.56 Å². The Morgan fingerprint density at radius 2 is 1.93 bits per heavy atom. The number of aromatic nitrogens is 2. The van der Waals surface area contributed by atoms with Crippen LogP contribution in [0.4, 0.5) is 5.69 Å². The normalized spacial score (nSPS) is 13.5. The van der Waals surface area contributed by atoms with Crippen LogP contribution in [0, 0.1) is 10.1 Å². The zero-order chi connectivity index (χ0) is 20.0. The van der Waals surface area contributed by atoms with Gasteiger partial charge >= 0.3 is 5.97 Å². The van der Waals surface area contributed by atoms with E-state index < -0.39 is 21.7 Å². The van der Waals surface area contributed by atoms with Crippen LogP contribution in [0.15, 0.2) is 47.4 Å². The third-order valence-corrected chi connectivity index (χ3v) is 5.74. The third-order valence-electron chi connectivity index (χ3n) is 4.80. The molecule has 0 bridgehead atoms. The number of nitro benzene ring substituents is 1. The smallest absolute Gasteiger partial charge is 0.356 e. The molecule has 1 N–H and O–H groups in total.